The number of nitrogens with zero attached hydrogens (tertiary/aromatic N) is 3. The van der Waals surface area contributed by atoms with Gasteiger partial charge in [-0.3, -0.25) is 9.69 Å². The Morgan fingerprint density at radius 2 is 2.15 bits per heavy atom. The molecule has 0 unspecified atom stereocenters. The predicted octanol–water partition coefficient (Wildman–Crippen LogP) is 0.894. The summed E-state index contributed by atoms with van der Waals surface area (Å²) in [6.07, 6.45) is 4.83. The van der Waals surface area contributed by atoms with Crippen LogP contribution in [0.3, 0.4) is 0 Å². The minimum absolute atomic E-state index is 0.0444. The van der Waals surface area contributed by atoms with Gasteiger partial charge in [-0.25, -0.2) is 18.1 Å². The van der Waals surface area contributed by atoms with Crippen molar-refractivity contribution in [1.29, 1.82) is 0 Å². The fourth-order valence-electron chi connectivity index (χ4n) is 5.05. The summed E-state index contributed by atoms with van der Waals surface area (Å²) in [6.45, 7) is 3.04. The van der Waals surface area contributed by atoms with Crippen molar-refractivity contribution in [2.75, 3.05) is 25.9 Å². The summed E-state index contributed by atoms with van der Waals surface area (Å²) in [5.41, 5.74) is 2.96. The number of thiazole rings is 1. The second-order valence-corrected chi connectivity index (χ2v) is 10.4. The fourth-order valence-corrected chi connectivity index (χ4v) is 6.07. The van der Waals surface area contributed by atoms with Crippen molar-refractivity contribution in [2.24, 2.45) is 11.8 Å². The lowest BCUT2D eigenvalue weighted by molar-refractivity contribution is -0.152. The first kappa shape index (κ1) is 18.3. The first-order valence-corrected chi connectivity index (χ1v) is 12.1. The Labute approximate surface area is 158 Å². The quantitative estimate of drug-likeness (QED) is 0.797. The molecule has 1 aromatic rings. The van der Waals surface area contributed by atoms with Gasteiger partial charge in [0.25, 0.3) is 0 Å². The van der Waals surface area contributed by atoms with Gasteiger partial charge in [-0.1, -0.05) is 0 Å². The zero-order valence-electron chi connectivity index (χ0n) is 15.0. The molecular formula is C17H26N4O3S2. The standard InChI is InChI=1S/C17H26N4O3S2/c1-26(23,24)19-6-16-13-5-12(15-3-2-4-17(22)21(15)16)7-20(8-13)9-14-10-25-11-18-14/h10-13,15-16,19H,2-9H2,1H3/t12-,13+,15+,16+/m1/s1. The number of fused-ring (bicyclic) bond motifs is 4. The Morgan fingerprint density at radius 1 is 1.35 bits per heavy atom. The summed E-state index contributed by atoms with van der Waals surface area (Å²) in [5, 5.41) is 2.09. The van der Waals surface area contributed by atoms with Crippen molar-refractivity contribution in [2.45, 2.75) is 44.3 Å². The van der Waals surface area contributed by atoms with E-state index >= 15 is 0 Å². The number of aromatic nitrogens is 1. The molecule has 26 heavy (non-hydrogen) atoms. The monoisotopic (exact) mass is 398 g/mol. The summed E-state index contributed by atoms with van der Waals surface area (Å²) < 4.78 is 25.9. The Bertz CT molecular complexity index is 752. The average Bonchev–Trinajstić information content (AvgIpc) is 3.07. The summed E-state index contributed by atoms with van der Waals surface area (Å²) >= 11 is 1.61. The molecule has 1 amide bonds. The Kier molecular flexibility index (Phi) is 5.06. The van der Waals surface area contributed by atoms with Crippen LogP contribution in [0.25, 0.3) is 0 Å². The first-order chi connectivity index (χ1) is 12.4. The number of hydrogen-bond donors (Lipinski definition) is 1. The molecule has 1 aromatic heterocycles. The number of hydrogen-bond acceptors (Lipinski definition) is 6. The number of carbonyl (C=O) groups is 1. The highest BCUT2D eigenvalue weighted by atomic mass is 32.2. The molecule has 3 fully saturated rings. The molecule has 0 spiro atoms. The van der Waals surface area contributed by atoms with E-state index in [1.807, 2.05) is 10.4 Å². The van der Waals surface area contributed by atoms with Crippen LogP contribution in [0.15, 0.2) is 10.9 Å². The third-order valence-corrected chi connectivity index (χ3v) is 7.32. The lowest BCUT2D eigenvalue weighted by Gasteiger charge is -2.56. The van der Waals surface area contributed by atoms with Crippen molar-refractivity contribution in [3.63, 3.8) is 0 Å². The van der Waals surface area contributed by atoms with Crippen LogP contribution >= 0.6 is 11.3 Å². The van der Waals surface area contributed by atoms with Gasteiger partial charge in [-0.15, -0.1) is 11.3 Å². The Hall–Kier alpha value is -1.03. The van der Waals surface area contributed by atoms with Crippen LogP contribution in [0, 0.1) is 11.8 Å². The predicted molar refractivity (Wildman–Crippen MR) is 100 cm³/mol. The van der Waals surface area contributed by atoms with Gasteiger partial charge in [-0.2, -0.15) is 0 Å². The summed E-state index contributed by atoms with van der Waals surface area (Å²) in [5.74, 6) is 0.982. The lowest BCUT2D eigenvalue weighted by atomic mass is 9.72. The smallest absolute Gasteiger partial charge is 0.223 e. The first-order valence-electron chi connectivity index (χ1n) is 9.26. The normalized spacial score (nSPS) is 32.5. The van der Waals surface area contributed by atoms with Gasteiger partial charge in [0.05, 0.1) is 17.5 Å². The van der Waals surface area contributed by atoms with E-state index in [0.717, 1.165) is 44.6 Å². The molecule has 3 aliphatic heterocycles. The highest BCUT2D eigenvalue weighted by Gasteiger charge is 2.49. The number of piperidine rings is 3. The van der Waals surface area contributed by atoms with E-state index in [1.165, 1.54) is 6.26 Å². The van der Waals surface area contributed by atoms with E-state index in [1.54, 1.807) is 11.3 Å². The topological polar surface area (TPSA) is 82.6 Å². The van der Waals surface area contributed by atoms with Gasteiger partial charge in [0, 0.05) is 50.1 Å². The van der Waals surface area contributed by atoms with E-state index in [-0.39, 0.29) is 18.0 Å². The number of rotatable bonds is 5. The fraction of sp³-hybridized carbons (Fsp3) is 0.765. The van der Waals surface area contributed by atoms with Crippen molar-refractivity contribution < 1.29 is 13.2 Å². The van der Waals surface area contributed by atoms with E-state index in [0.29, 0.717) is 24.8 Å². The van der Waals surface area contributed by atoms with Crippen LogP contribution in [0.4, 0.5) is 0 Å². The van der Waals surface area contributed by atoms with Gasteiger partial charge in [0.2, 0.25) is 15.9 Å². The summed E-state index contributed by atoms with van der Waals surface area (Å²) in [7, 11) is -3.27. The van der Waals surface area contributed by atoms with Crippen LogP contribution in [0.5, 0.6) is 0 Å². The Morgan fingerprint density at radius 3 is 2.88 bits per heavy atom. The second-order valence-electron chi connectivity index (χ2n) is 7.88. The van der Waals surface area contributed by atoms with E-state index in [2.05, 4.69) is 20.0 Å². The molecule has 0 aromatic carbocycles. The van der Waals surface area contributed by atoms with Gasteiger partial charge in [0.15, 0.2) is 0 Å². The number of nitrogens with one attached hydrogen (secondary N) is 1. The number of sulfonamides is 1. The SMILES string of the molecule is CS(=O)(=O)NC[C@H]1[C@H]2C[C@H](CN(Cc3cscn3)C2)[C@@H]2CCCC(=O)N21. The zero-order valence-corrected chi connectivity index (χ0v) is 16.6. The molecule has 9 heteroatoms. The molecule has 144 valence electrons. The van der Waals surface area contributed by atoms with E-state index in [4.69, 9.17) is 0 Å². The van der Waals surface area contributed by atoms with Gasteiger partial charge < -0.3 is 4.90 Å². The molecule has 0 saturated carbocycles. The van der Waals surface area contributed by atoms with Crippen molar-refractivity contribution in [1.82, 2.24) is 19.5 Å². The number of amides is 1. The molecule has 1 N–H and O–H groups in total. The van der Waals surface area contributed by atoms with E-state index in [9.17, 15) is 13.2 Å². The molecular weight excluding hydrogens is 372 g/mol. The van der Waals surface area contributed by atoms with Crippen molar-refractivity contribution in [3.8, 4) is 0 Å². The van der Waals surface area contributed by atoms with Crippen LogP contribution in [-0.2, 0) is 21.4 Å². The Balaban J connectivity index is 1.55. The molecule has 4 heterocycles. The third-order valence-electron chi connectivity index (χ3n) is 6.00. The van der Waals surface area contributed by atoms with Gasteiger partial charge in [0.1, 0.15) is 0 Å². The third kappa shape index (κ3) is 3.81. The van der Waals surface area contributed by atoms with Crippen LogP contribution < -0.4 is 4.72 Å². The number of carbonyl (C=O) groups excluding carboxylic acids is 1. The highest BCUT2D eigenvalue weighted by Crippen LogP contribution is 2.41. The molecule has 4 rings (SSSR count). The maximum Gasteiger partial charge on any atom is 0.223 e. The van der Waals surface area contributed by atoms with Crippen molar-refractivity contribution >= 4 is 27.3 Å². The van der Waals surface area contributed by atoms with Gasteiger partial charge in [-0.05, 0) is 31.1 Å². The molecule has 4 atom stereocenters. The highest BCUT2D eigenvalue weighted by molar-refractivity contribution is 7.88. The lowest BCUT2D eigenvalue weighted by Crippen LogP contribution is -2.66. The second kappa shape index (κ2) is 7.18. The maximum atomic E-state index is 12.7. The zero-order chi connectivity index (χ0) is 18.3. The largest absolute Gasteiger partial charge is 0.335 e. The molecule has 0 radical (unpaired) electrons. The summed E-state index contributed by atoms with van der Waals surface area (Å²) in [6, 6.07) is 0.203. The van der Waals surface area contributed by atoms with Crippen LogP contribution in [0.2, 0.25) is 0 Å². The molecule has 3 aliphatic rings. The molecule has 0 aliphatic carbocycles. The molecule has 2 bridgehead atoms. The van der Waals surface area contributed by atoms with Crippen LogP contribution in [-0.4, -0.2) is 67.1 Å². The molecule has 3 saturated heterocycles. The van der Waals surface area contributed by atoms with Crippen LogP contribution in [0.1, 0.15) is 31.4 Å². The van der Waals surface area contributed by atoms with Crippen molar-refractivity contribution in [3.05, 3.63) is 16.6 Å². The van der Waals surface area contributed by atoms with E-state index < -0.39 is 10.0 Å². The molecule has 7 nitrogen and oxygen atoms in total. The minimum Gasteiger partial charge on any atom is -0.335 e. The average molecular weight is 399 g/mol. The summed E-state index contributed by atoms with van der Waals surface area (Å²) in [4.78, 5) is 21.5. The minimum atomic E-state index is -3.27. The maximum absolute atomic E-state index is 12.7. The number of likely N-dealkylation sites (tertiary alicyclic amines) is 1. The van der Waals surface area contributed by atoms with Gasteiger partial charge >= 0.3 is 0 Å².